The van der Waals surface area contributed by atoms with E-state index in [9.17, 15) is 22.4 Å². The highest BCUT2D eigenvalue weighted by Gasteiger charge is 2.29. The zero-order valence-electron chi connectivity index (χ0n) is 16.0. The quantitative estimate of drug-likeness (QED) is 0.480. The van der Waals surface area contributed by atoms with Gasteiger partial charge in [-0.1, -0.05) is 47.6 Å². The summed E-state index contributed by atoms with van der Waals surface area (Å²) in [4.78, 5) is 23.9. The van der Waals surface area contributed by atoms with Crippen LogP contribution in [0.3, 0.4) is 0 Å². The van der Waals surface area contributed by atoms with Crippen molar-refractivity contribution in [3.8, 4) is 0 Å². The summed E-state index contributed by atoms with van der Waals surface area (Å²) in [5.41, 5.74) is 0.632. The summed E-state index contributed by atoms with van der Waals surface area (Å²) >= 11 is 0. The van der Waals surface area contributed by atoms with Crippen LogP contribution in [-0.4, -0.2) is 38.1 Å². The number of esters is 1. The van der Waals surface area contributed by atoms with Crippen LogP contribution < -0.4 is 10.0 Å². The van der Waals surface area contributed by atoms with Crippen LogP contribution in [0.5, 0.6) is 0 Å². The highest BCUT2D eigenvalue weighted by atomic mass is 32.2. The molecule has 11 heteroatoms. The first-order valence-electron chi connectivity index (χ1n) is 9.03. The van der Waals surface area contributed by atoms with E-state index in [1.807, 2.05) is 0 Å². The van der Waals surface area contributed by atoms with Gasteiger partial charge in [0.25, 0.3) is 5.91 Å². The van der Waals surface area contributed by atoms with Gasteiger partial charge in [-0.2, -0.15) is 4.72 Å². The molecule has 2 N–H and O–H groups in total. The third-order valence-electron chi connectivity index (χ3n) is 4.04. The number of aromatic nitrogens is 1. The van der Waals surface area contributed by atoms with Gasteiger partial charge in [-0.05, 0) is 24.1 Å². The fourth-order valence-corrected chi connectivity index (χ4v) is 3.89. The van der Waals surface area contributed by atoms with Gasteiger partial charge < -0.3 is 14.6 Å². The number of hydrogen-bond donors (Lipinski definition) is 2. The number of anilines is 1. The molecule has 0 fully saturated rings. The van der Waals surface area contributed by atoms with E-state index >= 15 is 0 Å². The van der Waals surface area contributed by atoms with Crippen molar-refractivity contribution in [2.24, 2.45) is 0 Å². The Hall–Kier alpha value is -3.57. The number of carbonyl (C=O) groups excluding carboxylic acids is 2. The third-order valence-corrected chi connectivity index (χ3v) is 5.55. The van der Waals surface area contributed by atoms with Crippen LogP contribution in [-0.2, 0) is 30.8 Å². The van der Waals surface area contributed by atoms with E-state index < -0.39 is 45.3 Å². The molecule has 1 atom stereocenters. The minimum Gasteiger partial charge on any atom is -0.454 e. The Morgan fingerprint density at radius 1 is 1.06 bits per heavy atom. The predicted octanol–water partition coefficient (Wildman–Crippen LogP) is 1.89. The second-order valence-electron chi connectivity index (χ2n) is 6.33. The van der Waals surface area contributed by atoms with Crippen LogP contribution in [0.4, 0.5) is 10.2 Å². The van der Waals surface area contributed by atoms with E-state index in [1.165, 1.54) is 24.5 Å². The molecular formula is C20H18FN3O6S. The monoisotopic (exact) mass is 447 g/mol. The summed E-state index contributed by atoms with van der Waals surface area (Å²) < 4.78 is 51.0. The third kappa shape index (κ3) is 6.20. The molecule has 0 saturated carbocycles. The molecule has 3 rings (SSSR count). The van der Waals surface area contributed by atoms with Crippen LogP contribution in [0.25, 0.3) is 0 Å². The van der Waals surface area contributed by atoms with Gasteiger partial charge in [0.05, 0.1) is 0 Å². The lowest BCUT2D eigenvalue weighted by Crippen LogP contribution is -2.44. The number of hydrogen-bond acceptors (Lipinski definition) is 7. The molecule has 0 unspecified atom stereocenters. The Morgan fingerprint density at radius 3 is 2.45 bits per heavy atom. The number of ether oxygens (including phenoxy) is 1. The lowest BCUT2D eigenvalue weighted by atomic mass is 10.1. The summed E-state index contributed by atoms with van der Waals surface area (Å²) in [5, 5.41) is 5.83. The highest BCUT2D eigenvalue weighted by Crippen LogP contribution is 2.15. The fraction of sp³-hybridized carbons (Fsp3) is 0.150. The standard InChI is InChI=1S/C20H18FN3O6S/c21-15-8-4-5-9-17(15)31(27,28)24-16(12-14-6-2-1-3-7-14)20(26)29-13-19(25)22-18-10-11-30-23-18/h1-11,16,24H,12-13H2,(H,22,23,25)/t16-/m0/s1. The molecule has 0 spiro atoms. The molecule has 3 aromatic rings. The maximum atomic E-state index is 14.0. The number of carbonyl (C=O) groups is 2. The molecule has 31 heavy (non-hydrogen) atoms. The summed E-state index contributed by atoms with van der Waals surface area (Å²) in [6.45, 7) is -0.682. The van der Waals surface area contributed by atoms with E-state index in [-0.39, 0.29) is 12.2 Å². The van der Waals surface area contributed by atoms with Gasteiger partial charge in [0, 0.05) is 6.07 Å². The normalized spacial score (nSPS) is 12.2. The molecule has 0 radical (unpaired) electrons. The average molecular weight is 447 g/mol. The molecule has 0 aliphatic rings. The minimum atomic E-state index is -4.38. The Kier molecular flexibility index (Phi) is 7.11. The van der Waals surface area contributed by atoms with Crippen LogP contribution in [0.15, 0.2) is 76.3 Å². The fourth-order valence-electron chi connectivity index (χ4n) is 2.63. The molecule has 162 valence electrons. The largest absolute Gasteiger partial charge is 0.454 e. The lowest BCUT2D eigenvalue weighted by molar-refractivity contribution is -0.149. The van der Waals surface area contributed by atoms with Gasteiger partial charge in [-0.25, -0.2) is 12.8 Å². The van der Waals surface area contributed by atoms with Crippen molar-refractivity contribution in [1.82, 2.24) is 9.88 Å². The van der Waals surface area contributed by atoms with E-state index in [4.69, 9.17) is 4.74 Å². The number of amides is 1. The maximum Gasteiger partial charge on any atom is 0.325 e. The summed E-state index contributed by atoms with van der Waals surface area (Å²) in [7, 11) is -4.38. The minimum absolute atomic E-state index is 0.0712. The Labute approximate surface area is 177 Å². The molecule has 1 heterocycles. The van der Waals surface area contributed by atoms with Gasteiger partial charge in [0.15, 0.2) is 12.4 Å². The van der Waals surface area contributed by atoms with Crippen LogP contribution >= 0.6 is 0 Å². The number of rotatable bonds is 9. The molecular weight excluding hydrogens is 429 g/mol. The molecule has 9 nitrogen and oxygen atoms in total. The van der Waals surface area contributed by atoms with Crippen LogP contribution in [0, 0.1) is 5.82 Å². The molecule has 0 aliphatic carbocycles. The highest BCUT2D eigenvalue weighted by molar-refractivity contribution is 7.89. The zero-order valence-corrected chi connectivity index (χ0v) is 16.8. The molecule has 0 saturated heterocycles. The SMILES string of the molecule is O=C(COC(=O)[C@H](Cc1ccccc1)NS(=O)(=O)c1ccccc1F)Nc1ccon1. The van der Waals surface area contributed by atoms with Crippen molar-refractivity contribution < 1.29 is 31.7 Å². The molecule has 1 aromatic heterocycles. The smallest absolute Gasteiger partial charge is 0.325 e. The number of halogens is 1. The summed E-state index contributed by atoms with van der Waals surface area (Å²) in [5.74, 6) is -2.53. The van der Waals surface area contributed by atoms with Gasteiger partial charge >= 0.3 is 5.97 Å². The van der Waals surface area contributed by atoms with Crippen molar-refractivity contribution in [2.45, 2.75) is 17.4 Å². The molecule has 0 bridgehead atoms. The topological polar surface area (TPSA) is 128 Å². The Morgan fingerprint density at radius 2 is 1.77 bits per heavy atom. The van der Waals surface area contributed by atoms with E-state index in [2.05, 4.69) is 19.7 Å². The molecule has 0 aliphatic heterocycles. The van der Waals surface area contributed by atoms with E-state index in [0.29, 0.717) is 5.56 Å². The maximum absolute atomic E-state index is 14.0. The van der Waals surface area contributed by atoms with Gasteiger partial charge in [0.1, 0.15) is 23.0 Å². The first-order valence-corrected chi connectivity index (χ1v) is 10.5. The van der Waals surface area contributed by atoms with Crippen molar-refractivity contribution in [1.29, 1.82) is 0 Å². The van der Waals surface area contributed by atoms with E-state index in [0.717, 1.165) is 12.1 Å². The zero-order chi connectivity index (χ0) is 22.3. The number of nitrogens with one attached hydrogen (secondary N) is 2. The number of nitrogens with zero attached hydrogens (tertiary/aromatic N) is 1. The van der Waals surface area contributed by atoms with Crippen LogP contribution in [0.1, 0.15) is 5.56 Å². The second kappa shape index (κ2) is 9.96. The Balaban J connectivity index is 1.73. The lowest BCUT2D eigenvalue weighted by Gasteiger charge is -2.18. The van der Waals surface area contributed by atoms with Gasteiger partial charge in [-0.3, -0.25) is 9.59 Å². The van der Waals surface area contributed by atoms with Crippen molar-refractivity contribution in [3.05, 3.63) is 78.3 Å². The van der Waals surface area contributed by atoms with Gasteiger partial charge in [0.2, 0.25) is 10.0 Å². The summed E-state index contributed by atoms with van der Waals surface area (Å²) in [6.07, 6.45) is 1.17. The number of benzene rings is 2. The average Bonchev–Trinajstić information content (AvgIpc) is 3.25. The predicted molar refractivity (Wildman–Crippen MR) is 107 cm³/mol. The molecule has 1 amide bonds. The van der Waals surface area contributed by atoms with Crippen molar-refractivity contribution in [2.75, 3.05) is 11.9 Å². The van der Waals surface area contributed by atoms with Gasteiger partial charge in [-0.15, -0.1) is 0 Å². The van der Waals surface area contributed by atoms with E-state index in [1.54, 1.807) is 30.3 Å². The number of sulfonamides is 1. The Bertz CT molecular complexity index is 1140. The molecule has 2 aromatic carbocycles. The summed E-state index contributed by atoms with van der Waals surface area (Å²) in [6, 6.07) is 13.3. The van der Waals surface area contributed by atoms with Crippen LogP contribution in [0.2, 0.25) is 0 Å². The second-order valence-corrected chi connectivity index (χ2v) is 8.02. The van der Waals surface area contributed by atoms with Crippen molar-refractivity contribution >= 4 is 27.7 Å². The first-order chi connectivity index (χ1) is 14.8. The first kappa shape index (κ1) is 22.1. The van der Waals surface area contributed by atoms with Crippen molar-refractivity contribution in [3.63, 3.8) is 0 Å².